The molecule has 0 spiro atoms. The molecule has 2 rings (SSSR count). The highest BCUT2D eigenvalue weighted by Gasteiger charge is 2.11. The summed E-state index contributed by atoms with van der Waals surface area (Å²) in [5.41, 5.74) is 5.10. The Balaban J connectivity index is 0.000000461. The molecule has 0 N–H and O–H groups in total. The number of allylic oxidation sites excluding steroid dienone is 2. The fraction of sp³-hybridized carbons (Fsp3) is 0.308. The Morgan fingerprint density at radius 3 is 2.71 bits per heavy atom. The maximum atomic E-state index is 4.08. The van der Waals surface area contributed by atoms with E-state index in [1.54, 1.807) is 0 Å². The van der Waals surface area contributed by atoms with Gasteiger partial charge < -0.3 is 0 Å². The van der Waals surface area contributed by atoms with Crippen LogP contribution in [0.4, 0.5) is 0 Å². The number of fused-ring (bicyclic) bond motifs is 1. The smallest absolute Gasteiger partial charge is 0.0343 e. The molecule has 0 amide bonds. The van der Waals surface area contributed by atoms with Crippen molar-refractivity contribution in [1.82, 2.24) is 4.98 Å². The molecule has 0 aromatic carbocycles. The molecule has 0 fully saturated rings. The summed E-state index contributed by atoms with van der Waals surface area (Å²) in [6, 6.07) is 2.07. The molecule has 0 radical (unpaired) electrons. The van der Waals surface area contributed by atoms with Gasteiger partial charge in [-0.15, -0.1) is 0 Å². The highest BCUT2D eigenvalue weighted by Crippen LogP contribution is 2.27. The van der Waals surface area contributed by atoms with E-state index < -0.39 is 0 Å². The van der Waals surface area contributed by atoms with E-state index in [-0.39, 0.29) is 0 Å². The second-order valence-corrected chi connectivity index (χ2v) is 3.20. The molecule has 74 valence electrons. The van der Waals surface area contributed by atoms with Crippen molar-refractivity contribution in [3.63, 3.8) is 0 Å². The Labute approximate surface area is 86.2 Å². The molecule has 1 aromatic heterocycles. The van der Waals surface area contributed by atoms with Gasteiger partial charge in [-0.05, 0) is 42.2 Å². The monoisotopic (exact) mass is 187 g/mol. The van der Waals surface area contributed by atoms with Gasteiger partial charge in [-0.1, -0.05) is 26.0 Å². The van der Waals surface area contributed by atoms with Crippen LogP contribution >= 0.6 is 0 Å². The molecular formula is C13H17N. The maximum Gasteiger partial charge on any atom is 0.0343 e. The second kappa shape index (κ2) is 4.75. The Morgan fingerprint density at radius 2 is 2.14 bits per heavy atom. The lowest BCUT2D eigenvalue weighted by Crippen LogP contribution is -1.85. The van der Waals surface area contributed by atoms with Crippen LogP contribution in [0.15, 0.2) is 36.2 Å². The standard InChI is InChI=1S/C11H11N.C2H6/c1-8(2)10-5-9-3-4-12-7-11(9)6-10;1-2/h3-4,6-7H,1,5H2,2H3;1-2H3. The van der Waals surface area contributed by atoms with Crippen molar-refractivity contribution in [2.75, 3.05) is 0 Å². The fourth-order valence-electron chi connectivity index (χ4n) is 1.44. The Hall–Kier alpha value is -1.37. The minimum Gasteiger partial charge on any atom is -0.264 e. The van der Waals surface area contributed by atoms with E-state index >= 15 is 0 Å². The van der Waals surface area contributed by atoms with Gasteiger partial charge in [0, 0.05) is 12.4 Å². The third-order valence-corrected chi connectivity index (χ3v) is 2.21. The van der Waals surface area contributed by atoms with Crippen molar-refractivity contribution < 1.29 is 0 Å². The van der Waals surface area contributed by atoms with E-state index in [4.69, 9.17) is 0 Å². The summed E-state index contributed by atoms with van der Waals surface area (Å²) in [6.45, 7) is 9.98. The van der Waals surface area contributed by atoms with Crippen molar-refractivity contribution in [3.05, 3.63) is 47.3 Å². The zero-order valence-corrected chi connectivity index (χ0v) is 9.17. The molecule has 0 saturated heterocycles. The lowest BCUT2D eigenvalue weighted by atomic mass is 10.1. The fourth-order valence-corrected chi connectivity index (χ4v) is 1.44. The molecule has 1 aliphatic carbocycles. The Bertz CT molecular complexity index is 361. The van der Waals surface area contributed by atoms with Gasteiger partial charge >= 0.3 is 0 Å². The topological polar surface area (TPSA) is 12.9 Å². The Morgan fingerprint density at radius 1 is 1.43 bits per heavy atom. The molecule has 0 bridgehead atoms. The molecule has 14 heavy (non-hydrogen) atoms. The minimum atomic E-state index is 1.02. The van der Waals surface area contributed by atoms with Gasteiger partial charge in [0.25, 0.3) is 0 Å². The summed E-state index contributed by atoms with van der Waals surface area (Å²) in [6.07, 6.45) is 6.94. The molecule has 1 aliphatic rings. The van der Waals surface area contributed by atoms with Gasteiger partial charge in [-0.3, -0.25) is 4.98 Å². The summed E-state index contributed by atoms with van der Waals surface area (Å²) in [4.78, 5) is 4.08. The van der Waals surface area contributed by atoms with Gasteiger partial charge in [0.1, 0.15) is 0 Å². The first kappa shape index (κ1) is 10.7. The first-order chi connectivity index (χ1) is 6.77. The largest absolute Gasteiger partial charge is 0.264 e. The van der Waals surface area contributed by atoms with Gasteiger partial charge in [0.2, 0.25) is 0 Å². The van der Waals surface area contributed by atoms with E-state index in [2.05, 4.69) is 23.7 Å². The van der Waals surface area contributed by atoms with Crippen LogP contribution in [0.5, 0.6) is 0 Å². The number of aromatic nitrogens is 1. The summed E-state index contributed by atoms with van der Waals surface area (Å²) < 4.78 is 0. The van der Waals surface area contributed by atoms with Crippen LogP contribution in [0.3, 0.4) is 0 Å². The van der Waals surface area contributed by atoms with Crippen molar-refractivity contribution in [1.29, 1.82) is 0 Å². The van der Waals surface area contributed by atoms with Crippen LogP contribution in [0, 0.1) is 0 Å². The van der Waals surface area contributed by atoms with E-state index in [1.807, 2.05) is 33.2 Å². The van der Waals surface area contributed by atoms with Crippen LogP contribution in [0.1, 0.15) is 31.9 Å². The summed E-state index contributed by atoms with van der Waals surface area (Å²) in [7, 11) is 0. The van der Waals surface area contributed by atoms with Crippen molar-refractivity contribution in [3.8, 4) is 0 Å². The Kier molecular flexibility index (Phi) is 3.63. The van der Waals surface area contributed by atoms with Gasteiger partial charge in [-0.2, -0.15) is 0 Å². The predicted octanol–water partition coefficient (Wildman–Crippen LogP) is 3.62. The maximum absolute atomic E-state index is 4.08. The molecule has 1 nitrogen and oxygen atoms in total. The van der Waals surface area contributed by atoms with Crippen molar-refractivity contribution in [2.24, 2.45) is 0 Å². The first-order valence-corrected chi connectivity index (χ1v) is 5.07. The van der Waals surface area contributed by atoms with E-state index in [9.17, 15) is 0 Å². The summed E-state index contributed by atoms with van der Waals surface area (Å²) in [5, 5.41) is 0. The van der Waals surface area contributed by atoms with Gasteiger partial charge in [-0.25, -0.2) is 0 Å². The zero-order chi connectivity index (χ0) is 10.6. The minimum absolute atomic E-state index is 1.02. The molecule has 1 heteroatoms. The highest BCUT2D eigenvalue weighted by atomic mass is 14.6. The summed E-state index contributed by atoms with van der Waals surface area (Å²) in [5.74, 6) is 0. The number of hydrogen-bond acceptors (Lipinski definition) is 1. The number of rotatable bonds is 1. The van der Waals surface area contributed by atoms with Crippen LogP contribution in [0.25, 0.3) is 6.08 Å². The van der Waals surface area contributed by atoms with Gasteiger partial charge in [0.05, 0.1) is 0 Å². The van der Waals surface area contributed by atoms with Crippen LogP contribution < -0.4 is 0 Å². The molecule has 0 unspecified atom stereocenters. The lowest BCUT2D eigenvalue weighted by Gasteiger charge is -1.97. The predicted molar refractivity (Wildman–Crippen MR) is 62.1 cm³/mol. The van der Waals surface area contributed by atoms with Crippen molar-refractivity contribution >= 4 is 6.08 Å². The molecule has 0 aliphatic heterocycles. The van der Waals surface area contributed by atoms with Gasteiger partial charge in [0.15, 0.2) is 0 Å². The van der Waals surface area contributed by atoms with Crippen LogP contribution in [-0.2, 0) is 6.42 Å². The molecular weight excluding hydrogens is 170 g/mol. The highest BCUT2D eigenvalue weighted by molar-refractivity contribution is 5.66. The van der Waals surface area contributed by atoms with Crippen LogP contribution in [0.2, 0.25) is 0 Å². The average molecular weight is 187 g/mol. The molecule has 1 heterocycles. The normalized spacial score (nSPS) is 12.4. The zero-order valence-electron chi connectivity index (χ0n) is 9.17. The summed E-state index contributed by atoms with van der Waals surface area (Å²) >= 11 is 0. The average Bonchev–Trinajstić information content (AvgIpc) is 2.64. The first-order valence-electron chi connectivity index (χ1n) is 5.07. The third kappa shape index (κ3) is 2.11. The number of hydrogen-bond donors (Lipinski definition) is 0. The molecule has 0 atom stereocenters. The second-order valence-electron chi connectivity index (χ2n) is 3.20. The number of nitrogens with zero attached hydrogens (tertiary/aromatic N) is 1. The third-order valence-electron chi connectivity index (χ3n) is 2.21. The molecule has 0 saturated carbocycles. The van der Waals surface area contributed by atoms with Crippen molar-refractivity contribution in [2.45, 2.75) is 27.2 Å². The molecule has 1 aromatic rings. The quantitative estimate of drug-likeness (QED) is 0.654. The lowest BCUT2D eigenvalue weighted by molar-refractivity contribution is 1.17. The van der Waals surface area contributed by atoms with E-state index in [0.29, 0.717) is 0 Å². The SMILES string of the molecule is C=C(C)C1=Cc2cnccc2C1.CC. The van der Waals surface area contributed by atoms with Crippen LogP contribution in [-0.4, -0.2) is 4.98 Å². The van der Waals surface area contributed by atoms with E-state index in [0.717, 1.165) is 12.0 Å². The van der Waals surface area contributed by atoms with E-state index in [1.165, 1.54) is 16.7 Å². The number of pyridine rings is 1.